The fourth-order valence-electron chi connectivity index (χ4n) is 1.71. The van der Waals surface area contributed by atoms with Gasteiger partial charge in [-0.15, -0.1) is 0 Å². The number of esters is 1. The number of benzene rings is 2. The van der Waals surface area contributed by atoms with Gasteiger partial charge in [-0.05, 0) is 31.2 Å². The second-order valence-electron chi connectivity index (χ2n) is 4.28. The van der Waals surface area contributed by atoms with Crippen molar-refractivity contribution in [1.29, 1.82) is 0 Å². The summed E-state index contributed by atoms with van der Waals surface area (Å²) in [6.45, 7) is 1.51. The lowest BCUT2D eigenvalue weighted by atomic mass is 10.1. The van der Waals surface area contributed by atoms with Crippen LogP contribution in [0.2, 0.25) is 0 Å². The van der Waals surface area contributed by atoms with Crippen LogP contribution >= 0.6 is 0 Å². The smallest absolute Gasteiger partial charge is 0.338 e. The van der Waals surface area contributed by atoms with E-state index in [4.69, 9.17) is 4.74 Å². The Balaban J connectivity index is 2.04. The molecule has 0 unspecified atom stereocenters. The third-order valence-electron chi connectivity index (χ3n) is 2.79. The largest absolute Gasteiger partial charge is 0.451 e. The number of hydrogen-bond donors (Lipinski definition) is 0. The highest BCUT2D eigenvalue weighted by molar-refractivity contribution is 6.01. The zero-order chi connectivity index (χ0) is 14.5. The van der Waals surface area contributed by atoms with E-state index in [2.05, 4.69) is 0 Å². The molecule has 2 aromatic carbocycles. The molecule has 0 aromatic heterocycles. The molecule has 0 aliphatic rings. The molecule has 0 bridgehead atoms. The van der Waals surface area contributed by atoms with Gasteiger partial charge in [0, 0.05) is 5.56 Å². The summed E-state index contributed by atoms with van der Waals surface area (Å²) >= 11 is 0. The zero-order valence-corrected chi connectivity index (χ0v) is 10.9. The van der Waals surface area contributed by atoms with Gasteiger partial charge in [0.15, 0.2) is 6.10 Å². The van der Waals surface area contributed by atoms with Gasteiger partial charge in [0.2, 0.25) is 5.78 Å². The molecule has 3 nitrogen and oxygen atoms in total. The third-order valence-corrected chi connectivity index (χ3v) is 2.79. The maximum atomic E-state index is 12.8. The van der Waals surface area contributed by atoms with Crippen molar-refractivity contribution in [3.05, 3.63) is 71.5 Å². The van der Waals surface area contributed by atoms with Gasteiger partial charge in [-0.1, -0.05) is 30.3 Å². The standard InChI is InChI=1S/C16H13FO3/c1-11(15(18)12-5-3-2-4-6-12)20-16(19)13-7-9-14(17)10-8-13/h2-11H,1H3/t11-/m1/s1. The number of halogens is 1. The minimum Gasteiger partial charge on any atom is -0.451 e. The van der Waals surface area contributed by atoms with E-state index in [9.17, 15) is 14.0 Å². The van der Waals surface area contributed by atoms with Gasteiger partial charge in [-0.25, -0.2) is 9.18 Å². The molecule has 0 spiro atoms. The van der Waals surface area contributed by atoms with Crippen LogP contribution in [0, 0.1) is 5.82 Å². The molecule has 0 saturated heterocycles. The first kappa shape index (κ1) is 13.9. The van der Waals surface area contributed by atoms with E-state index in [-0.39, 0.29) is 11.3 Å². The lowest BCUT2D eigenvalue weighted by molar-refractivity contribution is 0.0319. The number of ketones is 1. The molecule has 0 heterocycles. The monoisotopic (exact) mass is 272 g/mol. The van der Waals surface area contributed by atoms with Crippen molar-refractivity contribution in [1.82, 2.24) is 0 Å². The number of carbonyl (C=O) groups is 2. The number of rotatable bonds is 4. The van der Waals surface area contributed by atoms with E-state index in [0.717, 1.165) is 0 Å². The maximum absolute atomic E-state index is 12.8. The fraction of sp³-hybridized carbons (Fsp3) is 0.125. The van der Waals surface area contributed by atoms with E-state index in [1.807, 2.05) is 0 Å². The molecule has 2 rings (SSSR count). The third kappa shape index (κ3) is 3.29. The van der Waals surface area contributed by atoms with Crippen molar-refractivity contribution in [3.8, 4) is 0 Å². The van der Waals surface area contributed by atoms with Crippen LogP contribution in [0.15, 0.2) is 54.6 Å². The molecular formula is C16H13FO3. The van der Waals surface area contributed by atoms with Crippen molar-refractivity contribution in [2.75, 3.05) is 0 Å². The molecule has 0 aliphatic heterocycles. The topological polar surface area (TPSA) is 43.4 Å². The predicted octanol–water partition coefficient (Wildman–Crippen LogP) is 3.25. The summed E-state index contributed by atoms with van der Waals surface area (Å²) < 4.78 is 17.8. The van der Waals surface area contributed by atoms with Gasteiger partial charge in [0.25, 0.3) is 0 Å². The van der Waals surface area contributed by atoms with Crippen molar-refractivity contribution < 1.29 is 18.7 Å². The van der Waals surface area contributed by atoms with E-state index in [0.29, 0.717) is 5.56 Å². The van der Waals surface area contributed by atoms with Crippen LogP contribution in [0.5, 0.6) is 0 Å². The molecule has 0 amide bonds. The first-order valence-corrected chi connectivity index (χ1v) is 6.14. The summed E-state index contributed by atoms with van der Waals surface area (Å²) in [5, 5.41) is 0. The predicted molar refractivity (Wildman–Crippen MR) is 72.1 cm³/mol. The van der Waals surface area contributed by atoms with E-state index in [1.54, 1.807) is 30.3 Å². The van der Waals surface area contributed by atoms with Gasteiger partial charge in [-0.3, -0.25) is 4.79 Å². The van der Waals surface area contributed by atoms with Crippen LogP contribution in [0.1, 0.15) is 27.6 Å². The molecule has 0 radical (unpaired) electrons. The second-order valence-corrected chi connectivity index (χ2v) is 4.28. The van der Waals surface area contributed by atoms with Gasteiger partial charge < -0.3 is 4.74 Å². The van der Waals surface area contributed by atoms with Crippen LogP contribution in [-0.4, -0.2) is 17.9 Å². The summed E-state index contributed by atoms with van der Waals surface area (Å²) in [7, 11) is 0. The Labute approximate surface area is 116 Å². The molecule has 0 fully saturated rings. The Bertz CT molecular complexity index is 605. The Morgan fingerprint density at radius 3 is 2.15 bits per heavy atom. The first-order valence-electron chi connectivity index (χ1n) is 6.14. The van der Waals surface area contributed by atoms with E-state index >= 15 is 0 Å². The van der Waals surface area contributed by atoms with Crippen LogP contribution in [0.3, 0.4) is 0 Å². The molecule has 0 saturated carbocycles. The average Bonchev–Trinajstić information content (AvgIpc) is 2.48. The normalized spacial score (nSPS) is 11.7. The molecule has 0 aliphatic carbocycles. The summed E-state index contributed by atoms with van der Waals surface area (Å²) in [5.74, 6) is -1.36. The SMILES string of the molecule is C[C@@H](OC(=O)c1ccc(F)cc1)C(=O)c1ccccc1. The fourth-order valence-corrected chi connectivity index (χ4v) is 1.71. The Hall–Kier alpha value is -2.49. The Kier molecular flexibility index (Phi) is 4.25. The van der Waals surface area contributed by atoms with Gasteiger partial charge in [-0.2, -0.15) is 0 Å². The molecule has 0 N–H and O–H groups in total. The van der Waals surface area contributed by atoms with Gasteiger partial charge in [0.05, 0.1) is 5.56 Å². The van der Waals surface area contributed by atoms with Gasteiger partial charge in [0.1, 0.15) is 5.82 Å². The lowest BCUT2D eigenvalue weighted by Crippen LogP contribution is -2.24. The number of carbonyl (C=O) groups excluding carboxylic acids is 2. The molecule has 20 heavy (non-hydrogen) atoms. The van der Waals surface area contributed by atoms with Crippen LogP contribution in [0.4, 0.5) is 4.39 Å². The Morgan fingerprint density at radius 1 is 0.950 bits per heavy atom. The van der Waals surface area contributed by atoms with E-state index < -0.39 is 17.9 Å². The van der Waals surface area contributed by atoms with Crippen LogP contribution in [0.25, 0.3) is 0 Å². The lowest BCUT2D eigenvalue weighted by Gasteiger charge is -2.12. The summed E-state index contributed by atoms with van der Waals surface area (Å²) in [6, 6.07) is 13.6. The zero-order valence-electron chi connectivity index (χ0n) is 10.9. The van der Waals surface area contributed by atoms with Crippen molar-refractivity contribution in [2.24, 2.45) is 0 Å². The number of Topliss-reactive ketones (excluding diaryl/α,β-unsaturated/α-hetero) is 1. The Morgan fingerprint density at radius 2 is 1.55 bits per heavy atom. The highest BCUT2D eigenvalue weighted by Gasteiger charge is 2.20. The van der Waals surface area contributed by atoms with E-state index in [1.165, 1.54) is 31.2 Å². The van der Waals surface area contributed by atoms with Crippen molar-refractivity contribution >= 4 is 11.8 Å². The van der Waals surface area contributed by atoms with Gasteiger partial charge >= 0.3 is 5.97 Å². The minimum absolute atomic E-state index is 0.208. The molecule has 102 valence electrons. The molecule has 1 atom stereocenters. The molecular weight excluding hydrogens is 259 g/mol. The number of hydrogen-bond acceptors (Lipinski definition) is 3. The summed E-state index contributed by atoms with van der Waals surface area (Å²) in [6.07, 6.45) is -0.894. The molecule has 2 aromatic rings. The summed E-state index contributed by atoms with van der Waals surface area (Å²) in [4.78, 5) is 23.8. The average molecular weight is 272 g/mol. The molecule has 4 heteroatoms. The quantitative estimate of drug-likeness (QED) is 0.634. The maximum Gasteiger partial charge on any atom is 0.338 e. The highest BCUT2D eigenvalue weighted by Crippen LogP contribution is 2.10. The number of ether oxygens (including phenoxy) is 1. The minimum atomic E-state index is -0.894. The van der Waals surface area contributed by atoms with Crippen LogP contribution < -0.4 is 0 Å². The van der Waals surface area contributed by atoms with Crippen molar-refractivity contribution in [3.63, 3.8) is 0 Å². The van der Waals surface area contributed by atoms with Crippen LogP contribution in [-0.2, 0) is 4.74 Å². The first-order chi connectivity index (χ1) is 9.58. The highest BCUT2D eigenvalue weighted by atomic mass is 19.1. The second kappa shape index (κ2) is 6.10. The summed E-state index contributed by atoms with van der Waals surface area (Å²) in [5.41, 5.74) is 0.686. The van der Waals surface area contributed by atoms with Crippen molar-refractivity contribution in [2.45, 2.75) is 13.0 Å².